The first-order valence-electron chi connectivity index (χ1n) is 9.62. The Labute approximate surface area is 181 Å². The van der Waals surface area contributed by atoms with Gasteiger partial charge in [-0.3, -0.25) is 9.10 Å². The first-order chi connectivity index (χ1) is 14.3. The Morgan fingerprint density at radius 1 is 1.13 bits per heavy atom. The summed E-state index contributed by atoms with van der Waals surface area (Å²) < 4.78 is 37.1. The average Bonchev–Trinajstić information content (AvgIpc) is 2.71. The molecule has 1 atom stereocenters. The Morgan fingerprint density at radius 2 is 1.80 bits per heavy atom. The van der Waals surface area contributed by atoms with E-state index in [1.54, 1.807) is 36.9 Å². The van der Waals surface area contributed by atoms with Crippen molar-refractivity contribution < 1.29 is 22.7 Å². The summed E-state index contributed by atoms with van der Waals surface area (Å²) in [5, 5.41) is 2.83. The summed E-state index contributed by atoms with van der Waals surface area (Å²) in [6.07, 6.45) is 1.08. The molecule has 0 saturated carbocycles. The molecule has 1 aliphatic rings. The van der Waals surface area contributed by atoms with Crippen LogP contribution in [0, 0.1) is 6.92 Å². The number of nitrogens with one attached hydrogen (secondary N) is 1. The molecule has 162 valence electrons. The Morgan fingerprint density at radius 3 is 2.47 bits per heavy atom. The maximum absolute atomic E-state index is 12.7. The van der Waals surface area contributed by atoms with Crippen molar-refractivity contribution in [2.75, 3.05) is 36.1 Å². The number of sulfonamides is 1. The van der Waals surface area contributed by atoms with Gasteiger partial charge >= 0.3 is 0 Å². The number of ether oxygens (including phenoxy) is 2. The molecular formula is C21H26N2O5S2. The van der Waals surface area contributed by atoms with E-state index >= 15 is 0 Å². The number of hydrogen-bond acceptors (Lipinski definition) is 6. The topological polar surface area (TPSA) is 84.9 Å². The summed E-state index contributed by atoms with van der Waals surface area (Å²) in [5.74, 6) is 1.35. The van der Waals surface area contributed by atoms with Crippen molar-refractivity contribution in [2.45, 2.75) is 24.8 Å². The molecule has 0 bridgehead atoms. The average molecular weight is 451 g/mol. The van der Waals surface area contributed by atoms with E-state index in [0.29, 0.717) is 42.7 Å². The second-order valence-corrected chi connectivity index (χ2v) is 10.0. The number of amides is 1. The van der Waals surface area contributed by atoms with Crippen LogP contribution < -0.4 is 19.1 Å². The minimum absolute atomic E-state index is 0.360. The number of nitrogens with zero attached hydrogens (tertiary/aromatic N) is 1. The predicted molar refractivity (Wildman–Crippen MR) is 119 cm³/mol. The van der Waals surface area contributed by atoms with Gasteiger partial charge in [-0.15, -0.1) is 11.8 Å². The number of anilines is 1. The van der Waals surface area contributed by atoms with Gasteiger partial charge in [-0.1, -0.05) is 17.7 Å². The first-order valence-corrected chi connectivity index (χ1v) is 12.5. The summed E-state index contributed by atoms with van der Waals surface area (Å²) in [4.78, 5) is 13.8. The highest BCUT2D eigenvalue weighted by atomic mass is 32.2. The fraction of sp³-hybridized carbons (Fsp3) is 0.381. The van der Waals surface area contributed by atoms with Gasteiger partial charge in [-0.2, -0.15) is 0 Å². The van der Waals surface area contributed by atoms with Gasteiger partial charge in [0, 0.05) is 23.3 Å². The van der Waals surface area contributed by atoms with Crippen LogP contribution >= 0.6 is 11.8 Å². The molecule has 1 heterocycles. The molecule has 0 aliphatic carbocycles. The quantitative estimate of drug-likeness (QED) is 0.492. The van der Waals surface area contributed by atoms with Crippen LogP contribution in [0.5, 0.6) is 11.5 Å². The first kappa shape index (κ1) is 22.3. The van der Waals surface area contributed by atoms with Crippen LogP contribution in [0.1, 0.15) is 12.5 Å². The van der Waals surface area contributed by atoms with E-state index in [1.165, 1.54) is 5.56 Å². The largest absolute Gasteiger partial charge is 0.486 e. The molecule has 0 fully saturated rings. The van der Waals surface area contributed by atoms with Crippen molar-refractivity contribution in [3.63, 3.8) is 0 Å². The van der Waals surface area contributed by atoms with Crippen molar-refractivity contribution in [1.82, 2.24) is 5.32 Å². The molecule has 1 aliphatic heterocycles. The summed E-state index contributed by atoms with van der Waals surface area (Å²) in [7, 11) is -3.70. The molecule has 0 saturated heterocycles. The number of benzene rings is 2. The standard InChI is InChI=1S/C21H26N2O5S2/c1-15-4-7-18(8-5-15)29-13-10-22-21(24)16(2)23(30(3,25)26)17-6-9-19-20(14-17)28-12-11-27-19/h4-9,14,16H,10-13H2,1-3H3,(H,22,24)/t16-/m0/s1. The minimum Gasteiger partial charge on any atom is -0.486 e. The molecule has 30 heavy (non-hydrogen) atoms. The Bertz CT molecular complexity index is 993. The van der Waals surface area contributed by atoms with Crippen LogP contribution in [0.4, 0.5) is 5.69 Å². The van der Waals surface area contributed by atoms with E-state index in [1.807, 2.05) is 31.2 Å². The van der Waals surface area contributed by atoms with Gasteiger partial charge < -0.3 is 14.8 Å². The number of fused-ring (bicyclic) bond motifs is 1. The molecule has 2 aromatic carbocycles. The van der Waals surface area contributed by atoms with Crippen molar-refractivity contribution in [3.8, 4) is 11.5 Å². The van der Waals surface area contributed by atoms with Crippen LogP contribution in [-0.4, -0.2) is 52.1 Å². The van der Waals surface area contributed by atoms with E-state index < -0.39 is 16.1 Å². The lowest BCUT2D eigenvalue weighted by Gasteiger charge is -2.29. The maximum Gasteiger partial charge on any atom is 0.243 e. The third-order valence-electron chi connectivity index (χ3n) is 4.56. The smallest absolute Gasteiger partial charge is 0.243 e. The van der Waals surface area contributed by atoms with Crippen molar-refractivity contribution in [1.29, 1.82) is 0 Å². The number of carbonyl (C=O) groups is 1. The van der Waals surface area contributed by atoms with Gasteiger partial charge in [0.2, 0.25) is 15.9 Å². The van der Waals surface area contributed by atoms with Crippen LogP contribution in [0.25, 0.3) is 0 Å². The van der Waals surface area contributed by atoms with Crippen LogP contribution in [-0.2, 0) is 14.8 Å². The number of aryl methyl sites for hydroxylation is 1. The third kappa shape index (κ3) is 5.60. The molecule has 0 radical (unpaired) electrons. The minimum atomic E-state index is -3.70. The fourth-order valence-electron chi connectivity index (χ4n) is 3.10. The summed E-state index contributed by atoms with van der Waals surface area (Å²) in [6, 6.07) is 12.1. The predicted octanol–water partition coefficient (Wildman–Crippen LogP) is 2.83. The second kappa shape index (κ2) is 9.61. The van der Waals surface area contributed by atoms with Gasteiger partial charge in [-0.05, 0) is 38.1 Å². The normalized spacial score (nSPS) is 14.1. The Hall–Kier alpha value is -2.39. The van der Waals surface area contributed by atoms with Crippen LogP contribution in [0.15, 0.2) is 47.4 Å². The lowest BCUT2D eigenvalue weighted by atomic mass is 10.2. The molecular weight excluding hydrogens is 424 g/mol. The number of rotatable bonds is 8. The van der Waals surface area contributed by atoms with E-state index in [9.17, 15) is 13.2 Å². The van der Waals surface area contributed by atoms with Gasteiger partial charge in [-0.25, -0.2) is 8.42 Å². The second-order valence-electron chi connectivity index (χ2n) is 7.02. The van der Waals surface area contributed by atoms with Crippen molar-refractivity contribution in [2.24, 2.45) is 0 Å². The summed E-state index contributed by atoms with van der Waals surface area (Å²) >= 11 is 1.63. The number of thioether (sulfide) groups is 1. The van der Waals surface area contributed by atoms with Crippen LogP contribution in [0.2, 0.25) is 0 Å². The van der Waals surface area contributed by atoms with E-state index in [0.717, 1.165) is 15.5 Å². The molecule has 9 heteroatoms. The van der Waals surface area contributed by atoms with Crippen molar-refractivity contribution >= 4 is 33.4 Å². The fourth-order valence-corrected chi connectivity index (χ4v) is 5.04. The van der Waals surface area contributed by atoms with Gasteiger partial charge in [0.25, 0.3) is 0 Å². The highest BCUT2D eigenvalue weighted by Crippen LogP contribution is 2.35. The Balaban J connectivity index is 1.64. The molecule has 3 rings (SSSR count). The molecule has 0 aromatic heterocycles. The monoisotopic (exact) mass is 450 g/mol. The zero-order valence-corrected chi connectivity index (χ0v) is 18.9. The summed E-state index contributed by atoms with van der Waals surface area (Å²) in [6.45, 7) is 4.87. The molecule has 1 amide bonds. The third-order valence-corrected chi connectivity index (χ3v) is 6.82. The zero-order valence-electron chi connectivity index (χ0n) is 17.3. The van der Waals surface area contributed by atoms with Gasteiger partial charge in [0.1, 0.15) is 19.3 Å². The van der Waals surface area contributed by atoms with Gasteiger partial charge in [0.05, 0.1) is 11.9 Å². The lowest BCUT2D eigenvalue weighted by Crippen LogP contribution is -2.48. The highest BCUT2D eigenvalue weighted by molar-refractivity contribution is 7.99. The molecule has 1 N–H and O–H groups in total. The lowest BCUT2D eigenvalue weighted by molar-refractivity contribution is -0.121. The van der Waals surface area contributed by atoms with E-state index in [4.69, 9.17) is 9.47 Å². The number of carbonyl (C=O) groups excluding carboxylic acids is 1. The number of hydrogen-bond donors (Lipinski definition) is 1. The maximum atomic E-state index is 12.7. The molecule has 0 unspecified atom stereocenters. The van der Waals surface area contributed by atoms with Gasteiger partial charge in [0.15, 0.2) is 11.5 Å². The SMILES string of the molecule is Cc1ccc(SCCNC(=O)[C@H](C)N(c2ccc3c(c2)OCCO3)S(C)(=O)=O)cc1. The highest BCUT2D eigenvalue weighted by Gasteiger charge is 2.30. The zero-order chi connectivity index (χ0) is 21.7. The van der Waals surface area contributed by atoms with Crippen molar-refractivity contribution in [3.05, 3.63) is 48.0 Å². The van der Waals surface area contributed by atoms with E-state index in [-0.39, 0.29) is 5.91 Å². The van der Waals surface area contributed by atoms with Crippen LogP contribution in [0.3, 0.4) is 0 Å². The Kier molecular flexibility index (Phi) is 7.14. The molecule has 7 nitrogen and oxygen atoms in total. The van der Waals surface area contributed by atoms with E-state index in [2.05, 4.69) is 5.32 Å². The molecule has 2 aromatic rings. The molecule has 0 spiro atoms. The summed E-state index contributed by atoms with van der Waals surface area (Å²) in [5.41, 5.74) is 1.56.